The number of carboxylic acid groups (broad SMARTS) is 1. The molecule has 3 rings (SSSR count). The largest absolute Gasteiger partial charge is 0.481 e. The number of carbonyl (C=O) groups excluding carboxylic acids is 1. The van der Waals surface area contributed by atoms with Gasteiger partial charge in [-0.05, 0) is 19.8 Å². The smallest absolute Gasteiger partial charge is 0.309 e. The molecule has 0 saturated carbocycles. The van der Waals surface area contributed by atoms with Crippen molar-refractivity contribution in [2.45, 2.75) is 31.7 Å². The summed E-state index contributed by atoms with van der Waals surface area (Å²) in [5.41, 5.74) is 0.305. The number of aromatic nitrogens is 2. The summed E-state index contributed by atoms with van der Waals surface area (Å²) in [6.07, 6.45) is 4.71. The second kappa shape index (κ2) is 5.23. The molecule has 1 aromatic rings. The molecule has 7 nitrogen and oxygen atoms in total. The maximum absolute atomic E-state index is 12.0. The van der Waals surface area contributed by atoms with Gasteiger partial charge in [-0.3, -0.25) is 14.6 Å². The van der Waals surface area contributed by atoms with E-state index < -0.39 is 17.4 Å². The summed E-state index contributed by atoms with van der Waals surface area (Å²) < 4.78 is 0. The lowest BCUT2D eigenvalue weighted by molar-refractivity contribution is -0.145. The molecule has 0 unspecified atom stereocenters. The average Bonchev–Trinajstić information content (AvgIpc) is 2.74. The summed E-state index contributed by atoms with van der Waals surface area (Å²) >= 11 is 0. The van der Waals surface area contributed by atoms with Crippen molar-refractivity contribution in [2.24, 2.45) is 5.92 Å². The van der Waals surface area contributed by atoms with E-state index in [2.05, 4.69) is 14.9 Å². The lowest BCUT2D eigenvalue weighted by Gasteiger charge is -2.45. The van der Waals surface area contributed by atoms with E-state index in [0.717, 1.165) is 11.5 Å². The van der Waals surface area contributed by atoms with Crippen LogP contribution in [0.15, 0.2) is 12.4 Å². The monoisotopic (exact) mass is 304 g/mol. The Hall–Kier alpha value is -2.18. The molecule has 1 spiro atoms. The average molecular weight is 304 g/mol. The Bertz CT molecular complexity index is 611. The van der Waals surface area contributed by atoms with E-state index in [1.54, 1.807) is 24.3 Å². The number of aliphatic carboxylic acids is 1. The highest BCUT2D eigenvalue weighted by Crippen LogP contribution is 2.43. The first-order valence-corrected chi connectivity index (χ1v) is 7.48. The molecule has 0 radical (unpaired) electrons. The fourth-order valence-corrected chi connectivity index (χ4v) is 3.80. The number of amides is 1. The fraction of sp³-hybridized carbons (Fsp3) is 0.600. The van der Waals surface area contributed by atoms with Gasteiger partial charge in [-0.1, -0.05) is 0 Å². The minimum atomic E-state index is -0.873. The number of nitrogens with zero attached hydrogens (tertiary/aromatic N) is 4. The van der Waals surface area contributed by atoms with Gasteiger partial charge in [0.15, 0.2) is 0 Å². The number of likely N-dealkylation sites (tertiary alicyclic amines) is 1. The highest BCUT2D eigenvalue weighted by atomic mass is 16.4. The quantitative estimate of drug-likeness (QED) is 0.865. The van der Waals surface area contributed by atoms with Gasteiger partial charge in [-0.15, -0.1) is 0 Å². The van der Waals surface area contributed by atoms with Crippen LogP contribution >= 0.6 is 0 Å². The van der Waals surface area contributed by atoms with Gasteiger partial charge >= 0.3 is 5.97 Å². The van der Waals surface area contributed by atoms with E-state index in [1.807, 2.05) is 6.92 Å². The van der Waals surface area contributed by atoms with Gasteiger partial charge in [0.25, 0.3) is 0 Å². The summed E-state index contributed by atoms with van der Waals surface area (Å²) in [4.78, 5) is 36.0. The molecule has 2 aliphatic rings. The lowest BCUT2D eigenvalue weighted by atomic mass is 9.77. The number of rotatable bonds is 2. The zero-order valence-electron chi connectivity index (χ0n) is 12.8. The number of anilines is 1. The number of aryl methyl sites for hydroxylation is 1. The molecule has 1 amide bonds. The Balaban J connectivity index is 1.82. The molecule has 118 valence electrons. The normalized spacial score (nSPS) is 24.1. The Morgan fingerprint density at radius 1 is 1.32 bits per heavy atom. The van der Waals surface area contributed by atoms with E-state index in [1.165, 1.54) is 0 Å². The van der Waals surface area contributed by atoms with Gasteiger partial charge in [0.2, 0.25) is 5.91 Å². The number of carbonyl (C=O) groups is 2. The molecular formula is C15H20N4O3. The van der Waals surface area contributed by atoms with Crippen LogP contribution in [0, 0.1) is 12.8 Å². The van der Waals surface area contributed by atoms with Crippen molar-refractivity contribution in [1.82, 2.24) is 14.9 Å². The van der Waals surface area contributed by atoms with Gasteiger partial charge in [0.05, 0.1) is 17.2 Å². The van der Waals surface area contributed by atoms with Crippen molar-refractivity contribution in [2.75, 3.05) is 25.0 Å². The van der Waals surface area contributed by atoms with Gasteiger partial charge in [-0.2, -0.15) is 0 Å². The van der Waals surface area contributed by atoms with Crippen LogP contribution in [0.4, 0.5) is 5.82 Å². The molecule has 1 aromatic heterocycles. The first-order chi connectivity index (χ1) is 10.5. The minimum Gasteiger partial charge on any atom is -0.481 e. The van der Waals surface area contributed by atoms with E-state index in [0.29, 0.717) is 25.9 Å². The number of hydrogen-bond acceptors (Lipinski definition) is 5. The number of piperidine rings is 1. The predicted octanol–water partition coefficient (Wildman–Crippen LogP) is 0.687. The zero-order valence-corrected chi connectivity index (χ0v) is 12.8. The molecule has 3 heterocycles. The molecule has 7 heteroatoms. The Morgan fingerprint density at radius 2 is 1.95 bits per heavy atom. The second-order valence-electron chi connectivity index (χ2n) is 6.10. The van der Waals surface area contributed by atoms with Gasteiger partial charge in [-0.25, -0.2) is 4.98 Å². The van der Waals surface area contributed by atoms with E-state index in [9.17, 15) is 14.7 Å². The fourth-order valence-electron chi connectivity index (χ4n) is 3.80. The van der Waals surface area contributed by atoms with Crippen LogP contribution in [-0.4, -0.2) is 57.5 Å². The molecule has 22 heavy (non-hydrogen) atoms. The topological polar surface area (TPSA) is 86.6 Å². The third kappa shape index (κ3) is 2.12. The maximum Gasteiger partial charge on any atom is 0.309 e. The van der Waals surface area contributed by atoms with Crippen molar-refractivity contribution < 1.29 is 14.7 Å². The zero-order chi connectivity index (χ0) is 15.9. The molecule has 0 aromatic carbocycles. The van der Waals surface area contributed by atoms with E-state index >= 15 is 0 Å². The third-order valence-corrected chi connectivity index (χ3v) is 5.15. The van der Waals surface area contributed by atoms with Crippen LogP contribution in [-0.2, 0) is 9.59 Å². The predicted molar refractivity (Wildman–Crippen MR) is 79.5 cm³/mol. The van der Waals surface area contributed by atoms with Crippen LogP contribution in [0.1, 0.15) is 25.0 Å². The standard InChI is InChI=1S/C15H20N4O3/c1-10-13(17-6-5-16-10)19-7-3-15(4-8-19)11(14(21)22)9-12(20)18(15)2/h5-6,11H,3-4,7-9H2,1-2H3,(H,21,22)/t11-/m1/s1. The highest BCUT2D eigenvalue weighted by Gasteiger charge is 2.55. The maximum atomic E-state index is 12.0. The van der Waals surface area contributed by atoms with Crippen LogP contribution < -0.4 is 4.90 Å². The molecule has 2 saturated heterocycles. The first kappa shape index (κ1) is 14.7. The summed E-state index contributed by atoms with van der Waals surface area (Å²) in [7, 11) is 1.73. The Kier molecular flexibility index (Phi) is 3.50. The van der Waals surface area contributed by atoms with E-state index in [-0.39, 0.29) is 12.3 Å². The van der Waals surface area contributed by atoms with Crippen molar-refractivity contribution in [3.63, 3.8) is 0 Å². The van der Waals surface area contributed by atoms with Crippen molar-refractivity contribution in [1.29, 1.82) is 0 Å². The highest BCUT2D eigenvalue weighted by molar-refractivity contribution is 5.88. The summed E-state index contributed by atoms with van der Waals surface area (Å²) in [6, 6.07) is 0. The number of hydrogen-bond donors (Lipinski definition) is 1. The summed E-state index contributed by atoms with van der Waals surface area (Å²) in [6.45, 7) is 3.28. The lowest BCUT2D eigenvalue weighted by Crippen LogP contribution is -2.56. The molecule has 2 fully saturated rings. The molecule has 1 N–H and O–H groups in total. The van der Waals surface area contributed by atoms with Crippen LogP contribution in [0.25, 0.3) is 0 Å². The molecule has 2 aliphatic heterocycles. The summed E-state index contributed by atoms with van der Waals surface area (Å²) in [5.74, 6) is -0.718. The number of carboxylic acids is 1. The van der Waals surface area contributed by atoms with Gasteiger partial charge in [0.1, 0.15) is 5.82 Å². The van der Waals surface area contributed by atoms with Gasteiger partial charge in [0, 0.05) is 39.0 Å². The van der Waals surface area contributed by atoms with Gasteiger partial charge < -0.3 is 14.9 Å². The SMILES string of the molecule is Cc1nccnc1N1CCC2(CC1)[C@@H](C(=O)O)CC(=O)N2C. The van der Waals surface area contributed by atoms with Crippen LogP contribution in [0.3, 0.4) is 0 Å². The van der Waals surface area contributed by atoms with E-state index in [4.69, 9.17) is 0 Å². The molecular weight excluding hydrogens is 284 g/mol. The minimum absolute atomic E-state index is 0.0727. The van der Waals surface area contributed by atoms with Crippen molar-refractivity contribution in [3.8, 4) is 0 Å². The van der Waals surface area contributed by atoms with Crippen LogP contribution in [0.5, 0.6) is 0 Å². The van der Waals surface area contributed by atoms with Crippen LogP contribution in [0.2, 0.25) is 0 Å². The van der Waals surface area contributed by atoms with Crippen molar-refractivity contribution in [3.05, 3.63) is 18.1 Å². The molecule has 1 atom stereocenters. The Morgan fingerprint density at radius 3 is 2.55 bits per heavy atom. The first-order valence-electron chi connectivity index (χ1n) is 7.48. The molecule has 0 bridgehead atoms. The Labute approximate surface area is 129 Å². The second-order valence-corrected chi connectivity index (χ2v) is 6.10. The van der Waals surface area contributed by atoms with Crippen molar-refractivity contribution >= 4 is 17.7 Å². The third-order valence-electron chi connectivity index (χ3n) is 5.15. The summed E-state index contributed by atoms with van der Waals surface area (Å²) in [5, 5.41) is 9.48. The molecule has 0 aliphatic carbocycles.